The minimum absolute atomic E-state index is 0. The number of nitrogens with one attached hydrogen (secondary N) is 2. The van der Waals surface area contributed by atoms with E-state index in [4.69, 9.17) is 0 Å². The summed E-state index contributed by atoms with van der Waals surface area (Å²) in [5.74, 6) is 0.742. The first kappa shape index (κ1) is 17.4. The van der Waals surface area contributed by atoms with E-state index in [9.17, 15) is 4.79 Å². The molecule has 23 heavy (non-hydrogen) atoms. The minimum atomic E-state index is -0.0754. The Morgan fingerprint density at radius 3 is 2.65 bits per heavy atom. The van der Waals surface area contributed by atoms with Crippen LogP contribution < -0.4 is 10.6 Å². The topological polar surface area (TPSA) is 66.9 Å². The number of rotatable bonds is 3. The van der Waals surface area contributed by atoms with Gasteiger partial charge >= 0.3 is 0 Å². The molecule has 1 aliphatic heterocycles. The molecular formula is C17H21ClN4O. The number of nitrogens with zero attached hydrogens (tertiary/aromatic N) is 2. The molecule has 2 aromatic rings. The molecular weight excluding hydrogens is 312 g/mol. The summed E-state index contributed by atoms with van der Waals surface area (Å²) in [6.07, 6.45) is 4.91. The first-order valence-electron chi connectivity index (χ1n) is 7.67. The van der Waals surface area contributed by atoms with Crippen LogP contribution in [0.5, 0.6) is 0 Å². The van der Waals surface area contributed by atoms with Crippen molar-refractivity contribution in [2.75, 3.05) is 11.9 Å². The van der Waals surface area contributed by atoms with E-state index >= 15 is 0 Å². The molecule has 6 heteroatoms. The third kappa shape index (κ3) is 4.50. The highest BCUT2D eigenvalue weighted by Gasteiger charge is 2.20. The van der Waals surface area contributed by atoms with Crippen LogP contribution in [0.1, 0.15) is 25.0 Å². The average Bonchev–Trinajstić information content (AvgIpc) is 2.56. The number of amides is 1. The number of aromatic nitrogens is 2. The molecule has 5 nitrogen and oxygen atoms in total. The van der Waals surface area contributed by atoms with Crippen molar-refractivity contribution in [1.82, 2.24) is 15.3 Å². The van der Waals surface area contributed by atoms with Crippen LogP contribution in [0, 0.1) is 6.92 Å². The molecule has 0 bridgehead atoms. The summed E-state index contributed by atoms with van der Waals surface area (Å²) in [5.41, 5.74) is 2.68. The molecule has 1 unspecified atom stereocenters. The normalized spacial score (nSPS) is 17.2. The Balaban J connectivity index is 0.00000192. The summed E-state index contributed by atoms with van der Waals surface area (Å²) in [6.45, 7) is 2.86. The zero-order valence-corrected chi connectivity index (χ0v) is 13.9. The molecule has 0 aliphatic carbocycles. The van der Waals surface area contributed by atoms with Crippen molar-refractivity contribution in [2.24, 2.45) is 0 Å². The minimum Gasteiger partial charge on any atom is -0.325 e. The van der Waals surface area contributed by atoms with E-state index < -0.39 is 0 Å². The lowest BCUT2D eigenvalue weighted by atomic mass is 10.0. The number of benzene rings is 1. The molecule has 0 saturated carbocycles. The lowest BCUT2D eigenvalue weighted by Gasteiger charge is -2.22. The summed E-state index contributed by atoms with van der Waals surface area (Å²) in [5, 5.41) is 6.21. The second-order valence-electron chi connectivity index (χ2n) is 5.59. The fourth-order valence-electron chi connectivity index (χ4n) is 2.60. The van der Waals surface area contributed by atoms with E-state index in [0.717, 1.165) is 42.8 Å². The fraction of sp³-hybridized carbons (Fsp3) is 0.353. The Morgan fingerprint density at radius 2 is 2.00 bits per heavy atom. The molecule has 1 amide bonds. The van der Waals surface area contributed by atoms with Crippen molar-refractivity contribution in [3.05, 3.63) is 42.2 Å². The van der Waals surface area contributed by atoms with Gasteiger partial charge in [0.15, 0.2) is 5.82 Å². The number of anilines is 1. The van der Waals surface area contributed by atoms with Gasteiger partial charge in [-0.3, -0.25) is 4.79 Å². The number of hydrogen-bond acceptors (Lipinski definition) is 4. The van der Waals surface area contributed by atoms with Gasteiger partial charge in [-0.15, -0.1) is 12.4 Å². The number of halogens is 1. The van der Waals surface area contributed by atoms with Crippen LogP contribution in [0.25, 0.3) is 11.4 Å². The van der Waals surface area contributed by atoms with Gasteiger partial charge in [-0.2, -0.15) is 0 Å². The van der Waals surface area contributed by atoms with Gasteiger partial charge in [-0.05, 0) is 56.6 Å². The van der Waals surface area contributed by atoms with Gasteiger partial charge in [-0.1, -0.05) is 6.42 Å². The smallest absolute Gasteiger partial charge is 0.241 e. The van der Waals surface area contributed by atoms with Crippen molar-refractivity contribution in [1.29, 1.82) is 0 Å². The Kier molecular flexibility index (Phi) is 6.07. The lowest BCUT2D eigenvalue weighted by molar-refractivity contribution is -0.118. The summed E-state index contributed by atoms with van der Waals surface area (Å²) in [7, 11) is 0. The SMILES string of the molecule is Cc1ccnc(-c2ccc(NC(=O)C3CCCCN3)cc2)n1.Cl. The number of aryl methyl sites for hydroxylation is 1. The number of carbonyl (C=O) groups excluding carboxylic acids is 1. The fourth-order valence-corrected chi connectivity index (χ4v) is 2.60. The van der Waals surface area contributed by atoms with Crippen molar-refractivity contribution >= 4 is 24.0 Å². The van der Waals surface area contributed by atoms with Crippen LogP contribution in [0.2, 0.25) is 0 Å². The van der Waals surface area contributed by atoms with Crippen LogP contribution in [-0.2, 0) is 4.79 Å². The molecule has 2 heterocycles. The summed E-state index contributed by atoms with van der Waals surface area (Å²) < 4.78 is 0. The van der Waals surface area contributed by atoms with Crippen LogP contribution in [0.15, 0.2) is 36.5 Å². The number of hydrogen-bond donors (Lipinski definition) is 2. The van der Waals surface area contributed by atoms with Crippen LogP contribution in [0.4, 0.5) is 5.69 Å². The zero-order chi connectivity index (χ0) is 15.4. The maximum atomic E-state index is 12.2. The molecule has 1 aromatic carbocycles. The van der Waals surface area contributed by atoms with Gasteiger partial charge in [0, 0.05) is 23.1 Å². The van der Waals surface area contributed by atoms with E-state index in [-0.39, 0.29) is 24.4 Å². The van der Waals surface area contributed by atoms with Crippen LogP contribution in [-0.4, -0.2) is 28.5 Å². The second kappa shape index (κ2) is 8.04. The Bertz CT molecular complexity index is 654. The van der Waals surface area contributed by atoms with E-state index in [1.807, 2.05) is 37.3 Å². The number of piperidine rings is 1. The second-order valence-corrected chi connectivity index (χ2v) is 5.59. The molecule has 122 valence electrons. The first-order chi connectivity index (χ1) is 10.7. The molecule has 0 radical (unpaired) electrons. The summed E-state index contributed by atoms with van der Waals surface area (Å²) >= 11 is 0. The molecule has 1 fully saturated rings. The largest absolute Gasteiger partial charge is 0.325 e. The molecule has 2 N–H and O–H groups in total. The van der Waals surface area contributed by atoms with E-state index in [1.165, 1.54) is 0 Å². The predicted molar refractivity (Wildman–Crippen MR) is 93.7 cm³/mol. The van der Waals surface area contributed by atoms with Crippen molar-refractivity contribution in [3.63, 3.8) is 0 Å². The Morgan fingerprint density at radius 1 is 1.22 bits per heavy atom. The van der Waals surface area contributed by atoms with Crippen molar-refractivity contribution in [3.8, 4) is 11.4 Å². The monoisotopic (exact) mass is 332 g/mol. The van der Waals surface area contributed by atoms with Gasteiger partial charge in [0.25, 0.3) is 0 Å². The Hall–Kier alpha value is -1.98. The molecule has 1 saturated heterocycles. The highest BCUT2D eigenvalue weighted by molar-refractivity contribution is 5.95. The highest BCUT2D eigenvalue weighted by Crippen LogP contribution is 2.18. The van der Waals surface area contributed by atoms with Gasteiger partial charge < -0.3 is 10.6 Å². The molecule has 1 aromatic heterocycles. The molecule has 0 spiro atoms. The molecule has 3 rings (SSSR count). The number of carbonyl (C=O) groups is 1. The van der Waals surface area contributed by atoms with E-state index in [2.05, 4.69) is 20.6 Å². The average molecular weight is 333 g/mol. The first-order valence-corrected chi connectivity index (χ1v) is 7.67. The van der Waals surface area contributed by atoms with Crippen molar-refractivity contribution < 1.29 is 4.79 Å². The maximum absolute atomic E-state index is 12.2. The summed E-state index contributed by atoms with van der Waals surface area (Å²) in [4.78, 5) is 20.8. The molecule has 1 atom stereocenters. The van der Waals surface area contributed by atoms with Crippen LogP contribution >= 0.6 is 12.4 Å². The maximum Gasteiger partial charge on any atom is 0.241 e. The molecule has 1 aliphatic rings. The Labute approximate surface area is 142 Å². The lowest BCUT2D eigenvalue weighted by Crippen LogP contribution is -2.43. The third-order valence-corrected chi connectivity index (χ3v) is 3.83. The van der Waals surface area contributed by atoms with Gasteiger partial charge in [0.1, 0.15) is 0 Å². The van der Waals surface area contributed by atoms with Gasteiger partial charge in [-0.25, -0.2) is 9.97 Å². The van der Waals surface area contributed by atoms with Crippen LogP contribution in [0.3, 0.4) is 0 Å². The third-order valence-electron chi connectivity index (χ3n) is 3.83. The quantitative estimate of drug-likeness (QED) is 0.906. The van der Waals surface area contributed by atoms with E-state index in [0.29, 0.717) is 5.82 Å². The predicted octanol–water partition coefficient (Wildman–Crippen LogP) is 2.95. The van der Waals surface area contributed by atoms with Gasteiger partial charge in [0.05, 0.1) is 6.04 Å². The van der Waals surface area contributed by atoms with E-state index in [1.54, 1.807) is 6.20 Å². The zero-order valence-electron chi connectivity index (χ0n) is 13.1. The standard InChI is InChI=1S/C17H20N4O.ClH/c1-12-9-11-19-16(20-12)13-5-7-14(8-6-13)21-17(22)15-4-2-3-10-18-15;/h5-9,11,15,18H,2-4,10H2,1H3,(H,21,22);1H. The van der Waals surface area contributed by atoms with Gasteiger partial charge in [0.2, 0.25) is 5.91 Å². The highest BCUT2D eigenvalue weighted by atomic mass is 35.5. The summed E-state index contributed by atoms with van der Waals surface area (Å²) in [6, 6.07) is 9.43. The van der Waals surface area contributed by atoms with Crippen molar-refractivity contribution in [2.45, 2.75) is 32.2 Å².